The molecule has 2 aromatic heterocycles. The van der Waals surface area contributed by atoms with E-state index in [0.717, 1.165) is 24.0 Å². The largest absolute Gasteiger partial charge is 0.468 e. The number of fused-ring (bicyclic) bond motifs is 1. The van der Waals surface area contributed by atoms with Crippen molar-refractivity contribution in [3.8, 4) is 0 Å². The van der Waals surface area contributed by atoms with Crippen LogP contribution in [0.5, 0.6) is 0 Å². The Hall–Kier alpha value is -2.00. The van der Waals surface area contributed by atoms with Crippen LogP contribution in [0.2, 0.25) is 0 Å². The minimum absolute atomic E-state index is 0.246. The summed E-state index contributed by atoms with van der Waals surface area (Å²) in [7, 11) is -2.49. The molecule has 2 rings (SSSR count). The van der Waals surface area contributed by atoms with E-state index in [1.165, 1.54) is 0 Å². The van der Waals surface area contributed by atoms with E-state index in [9.17, 15) is 13.2 Å². The highest BCUT2D eigenvalue weighted by Gasteiger charge is 2.15. The molecule has 0 spiro atoms. The van der Waals surface area contributed by atoms with Crippen LogP contribution in [-0.2, 0) is 26.0 Å². The summed E-state index contributed by atoms with van der Waals surface area (Å²) in [5.41, 5.74) is 2.63. The molecule has 9 heteroatoms. The van der Waals surface area contributed by atoms with E-state index in [1.54, 1.807) is 10.7 Å². The summed E-state index contributed by atoms with van der Waals surface area (Å²) >= 11 is 0. The van der Waals surface area contributed by atoms with Crippen LogP contribution in [-0.4, -0.2) is 48.4 Å². The molecule has 0 radical (unpaired) electrons. The van der Waals surface area contributed by atoms with Crippen LogP contribution in [0.1, 0.15) is 17.7 Å². The number of carbonyl (C=O) groups excluding carboxylic acids is 1. The molecule has 0 aliphatic heterocycles. The van der Waals surface area contributed by atoms with Crippen molar-refractivity contribution in [1.82, 2.24) is 19.3 Å². The summed E-state index contributed by atoms with van der Waals surface area (Å²) in [6.45, 7) is 2.14. The van der Waals surface area contributed by atoms with Gasteiger partial charge in [-0.25, -0.2) is 22.6 Å². The Bertz CT molecular complexity index is 769. The molecule has 2 heterocycles. The standard InChI is InChI=1S/C13H18N4O4S/c1-10-6-12-14-7-11(8-17(12)16-10)4-3-5-15-22(19,20)9-13(18)21-2/h6-8,15H,3-5,9H2,1-2H3. The zero-order valence-corrected chi connectivity index (χ0v) is 13.3. The minimum Gasteiger partial charge on any atom is -0.468 e. The van der Waals surface area contributed by atoms with Crippen molar-refractivity contribution < 1.29 is 17.9 Å². The molecule has 120 valence electrons. The Labute approximate surface area is 128 Å². The molecule has 1 N–H and O–H groups in total. The summed E-state index contributed by atoms with van der Waals surface area (Å²) in [6.07, 6.45) is 4.87. The Balaban J connectivity index is 1.83. The molecule has 0 aliphatic rings. The van der Waals surface area contributed by atoms with Crippen molar-refractivity contribution in [2.75, 3.05) is 19.4 Å². The number of sulfonamides is 1. The lowest BCUT2D eigenvalue weighted by Gasteiger charge is -2.06. The van der Waals surface area contributed by atoms with Crippen LogP contribution >= 0.6 is 0 Å². The zero-order valence-electron chi connectivity index (χ0n) is 12.4. The fourth-order valence-electron chi connectivity index (χ4n) is 1.95. The Morgan fingerprint density at radius 1 is 1.45 bits per heavy atom. The molecular weight excluding hydrogens is 308 g/mol. The fourth-order valence-corrected chi connectivity index (χ4v) is 2.93. The molecule has 0 atom stereocenters. The molecule has 0 saturated carbocycles. The third-order valence-electron chi connectivity index (χ3n) is 2.99. The quantitative estimate of drug-likeness (QED) is 0.570. The fraction of sp³-hybridized carbons (Fsp3) is 0.462. The number of nitrogens with zero attached hydrogens (tertiary/aromatic N) is 3. The number of ether oxygens (including phenoxy) is 1. The second kappa shape index (κ2) is 6.84. The molecule has 0 aromatic carbocycles. The van der Waals surface area contributed by atoms with E-state index in [-0.39, 0.29) is 6.54 Å². The van der Waals surface area contributed by atoms with E-state index in [4.69, 9.17) is 0 Å². The van der Waals surface area contributed by atoms with Crippen molar-refractivity contribution >= 4 is 21.6 Å². The topological polar surface area (TPSA) is 103 Å². The highest BCUT2D eigenvalue weighted by molar-refractivity contribution is 7.90. The van der Waals surface area contributed by atoms with Crippen molar-refractivity contribution in [1.29, 1.82) is 0 Å². The summed E-state index contributed by atoms with van der Waals surface area (Å²) in [6, 6.07) is 1.88. The lowest BCUT2D eigenvalue weighted by Crippen LogP contribution is -2.31. The van der Waals surface area contributed by atoms with Crippen LogP contribution in [0, 0.1) is 6.92 Å². The Morgan fingerprint density at radius 2 is 2.23 bits per heavy atom. The number of rotatable bonds is 7. The number of hydrogen-bond donors (Lipinski definition) is 1. The van der Waals surface area contributed by atoms with Gasteiger partial charge in [0.25, 0.3) is 0 Å². The first-order valence-corrected chi connectivity index (χ1v) is 8.40. The van der Waals surface area contributed by atoms with Crippen molar-refractivity contribution in [3.05, 3.63) is 29.7 Å². The van der Waals surface area contributed by atoms with Gasteiger partial charge >= 0.3 is 5.97 Å². The number of aromatic nitrogens is 3. The summed E-state index contributed by atoms with van der Waals surface area (Å²) < 4.78 is 31.5. The Morgan fingerprint density at radius 3 is 2.95 bits per heavy atom. The van der Waals surface area contributed by atoms with Crippen molar-refractivity contribution in [2.45, 2.75) is 19.8 Å². The van der Waals surface area contributed by atoms with E-state index < -0.39 is 21.7 Å². The Kier molecular flexibility index (Phi) is 5.09. The molecule has 22 heavy (non-hydrogen) atoms. The van der Waals surface area contributed by atoms with Gasteiger partial charge in [-0.15, -0.1) is 0 Å². The predicted molar refractivity (Wildman–Crippen MR) is 79.9 cm³/mol. The summed E-state index contributed by atoms with van der Waals surface area (Å²) in [5, 5.41) is 4.27. The van der Waals surface area contributed by atoms with Crippen LogP contribution in [0.3, 0.4) is 0 Å². The van der Waals surface area contributed by atoms with Gasteiger partial charge in [0.15, 0.2) is 11.4 Å². The van der Waals surface area contributed by atoms with Gasteiger partial charge in [0.1, 0.15) is 0 Å². The van der Waals surface area contributed by atoms with Crippen LogP contribution in [0.4, 0.5) is 0 Å². The monoisotopic (exact) mass is 326 g/mol. The van der Waals surface area contributed by atoms with Gasteiger partial charge in [-0.2, -0.15) is 5.10 Å². The normalized spacial score (nSPS) is 11.7. The maximum absolute atomic E-state index is 11.6. The van der Waals surface area contributed by atoms with Gasteiger partial charge in [-0.1, -0.05) is 0 Å². The maximum atomic E-state index is 11.6. The van der Waals surface area contributed by atoms with Gasteiger partial charge in [0.05, 0.1) is 12.8 Å². The highest BCUT2D eigenvalue weighted by atomic mass is 32.2. The number of aryl methyl sites for hydroxylation is 2. The molecule has 0 aliphatic carbocycles. The van der Waals surface area contributed by atoms with E-state index in [2.05, 4.69) is 19.5 Å². The lowest BCUT2D eigenvalue weighted by atomic mass is 10.2. The maximum Gasteiger partial charge on any atom is 0.322 e. The molecule has 0 fully saturated rings. The first-order chi connectivity index (χ1) is 10.4. The molecule has 8 nitrogen and oxygen atoms in total. The molecule has 0 amide bonds. The average molecular weight is 326 g/mol. The van der Waals surface area contributed by atoms with E-state index >= 15 is 0 Å². The number of hydrogen-bond acceptors (Lipinski definition) is 6. The van der Waals surface area contributed by atoms with Gasteiger partial charge in [-0.05, 0) is 25.3 Å². The minimum atomic E-state index is -3.64. The number of methoxy groups -OCH3 is 1. The van der Waals surface area contributed by atoms with Crippen molar-refractivity contribution in [3.63, 3.8) is 0 Å². The van der Waals surface area contributed by atoms with Crippen LogP contribution < -0.4 is 4.72 Å². The van der Waals surface area contributed by atoms with Gasteiger partial charge < -0.3 is 4.74 Å². The van der Waals surface area contributed by atoms with Crippen LogP contribution in [0.25, 0.3) is 5.65 Å². The van der Waals surface area contributed by atoms with E-state index in [1.807, 2.05) is 19.2 Å². The van der Waals surface area contributed by atoms with Crippen molar-refractivity contribution in [2.24, 2.45) is 0 Å². The summed E-state index contributed by atoms with van der Waals surface area (Å²) in [4.78, 5) is 15.2. The van der Waals surface area contributed by atoms with Gasteiger partial charge in [0.2, 0.25) is 10.0 Å². The van der Waals surface area contributed by atoms with Gasteiger partial charge in [0, 0.05) is 25.0 Å². The molecule has 0 bridgehead atoms. The second-order valence-electron chi connectivity index (χ2n) is 4.88. The number of esters is 1. The smallest absolute Gasteiger partial charge is 0.322 e. The SMILES string of the molecule is COC(=O)CS(=O)(=O)NCCCc1cnc2cc(C)nn2c1. The first-order valence-electron chi connectivity index (χ1n) is 6.75. The summed E-state index contributed by atoms with van der Waals surface area (Å²) in [5.74, 6) is -1.44. The first kappa shape index (κ1) is 16.4. The molecule has 2 aromatic rings. The molecular formula is C13H18N4O4S. The number of carbonyl (C=O) groups is 1. The molecule has 0 saturated heterocycles. The zero-order chi connectivity index (χ0) is 16.2. The van der Waals surface area contributed by atoms with E-state index in [0.29, 0.717) is 12.8 Å². The third-order valence-corrected chi connectivity index (χ3v) is 4.25. The number of nitrogens with one attached hydrogen (secondary N) is 1. The predicted octanol–water partition coefficient (Wildman–Crippen LogP) is 0.0627. The highest BCUT2D eigenvalue weighted by Crippen LogP contribution is 2.06. The van der Waals surface area contributed by atoms with Crippen LogP contribution in [0.15, 0.2) is 18.5 Å². The average Bonchev–Trinajstić information content (AvgIpc) is 2.82. The van der Waals surface area contributed by atoms with Gasteiger partial charge in [-0.3, -0.25) is 4.79 Å². The molecule has 0 unspecified atom stereocenters. The third kappa shape index (κ3) is 4.50. The lowest BCUT2D eigenvalue weighted by molar-refractivity contribution is -0.137. The second-order valence-corrected chi connectivity index (χ2v) is 6.69.